The van der Waals surface area contributed by atoms with E-state index in [0.717, 1.165) is 0 Å². The van der Waals surface area contributed by atoms with Crippen molar-refractivity contribution in [1.29, 1.82) is 0 Å². The molecule has 0 spiro atoms. The van der Waals surface area contributed by atoms with Crippen molar-refractivity contribution in [2.45, 2.75) is 12.2 Å². The third kappa shape index (κ3) is 5.18. The molecule has 0 fully saturated rings. The third-order valence-corrected chi connectivity index (χ3v) is 4.54. The quantitative estimate of drug-likeness (QED) is 0.848. The van der Waals surface area contributed by atoms with Crippen molar-refractivity contribution in [2.75, 3.05) is 19.4 Å². The van der Waals surface area contributed by atoms with Crippen molar-refractivity contribution in [3.8, 4) is 0 Å². The number of halogens is 2. The number of carbonyl (C=O) groups is 1. The smallest absolute Gasteiger partial charge is 0.237 e. The van der Waals surface area contributed by atoms with Gasteiger partial charge in [0.2, 0.25) is 5.91 Å². The van der Waals surface area contributed by atoms with Gasteiger partial charge in [-0.3, -0.25) is 4.79 Å². The zero-order valence-corrected chi connectivity index (χ0v) is 13.9. The van der Waals surface area contributed by atoms with Gasteiger partial charge in [-0.15, -0.1) is 0 Å². The molecule has 0 radical (unpaired) electrons. The van der Waals surface area contributed by atoms with E-state index in [1.165, 1.54) is 11.8 Å². The van der Waals surface area contributed by atoms with Crippen molar-refractivity contribution >= 4 is 63.1 Å². The molecule has 1 amide bonds. The Morgan fingerprint density at radius 2 is 2.05 bits per heavy atom. The second kappa shape index (κ2) is 7.33. The number of anilines is 1. The van der Waals surface area contributed by atoms with E-state index in [1.54, 1.807) is 30.0 Å². The molecule has 0 heterocycles. The summed E-state index contributed by atoms with van der Waals surface area (Å²) in [5.41, 5.74) is 0.541. The first kappa shape index (κ1) is 16.6. The van der Waals surface area contributed by atoms with Crippen LogP contribution in [0.2, 0.25) is 10.0 Å². The molecule has 0 unspecified atom stereocenters. The molecule has 0 bridgehead atoms. The highest BCUT2D eigenvalue weighted by molar-refractivity contribution is 8.23. The van der Waals surface area contributed by atoms with Gasteiger partial charge in [-0.05, 0) is 25.1 Å². The molecule has 19 heavy (non-hydrogen) atoms. The highest BCUT2D eigenvalue weighted by atomic mass is 35.5. The van der Waals surface area contributed by atoms with Gasteiger partial charge in [-0.25, -0.2) is 0 Å². The van der Waals surface area contributed by atoms with Gasteiger partial charge in [0.05, 0.1) is 16.0 Å². The number of amides is 1. The first-order chi connectivity index (χ1) is 8.81. The van der Waals surface area contributed by atoms with Crippen LogP contribution in [0.1, 0.15) is 6.92 Å². The molecule has 0 aliphatic heterocycles. The number of thiocarbonyl (C=S) groups is 1. The van der Waals surface area contributed by atoms with Crippen LogP contribution in [0.3, 0.4) is 0 Å². The summed E-state index contributed by atoms with van der Waals surface area (Å²) >= 11 is 18.3. The molecule has 1 atom stereocenters. The third-order valence-electron chi connectivity index (χ3n) is 2.20. The molecule has 1 aromatic rings. The van der Waals surface area contributed by atoms with Gasteiger partial charge in [0.25, 0.3) is 0 Å². The molecule has 1 N–H and O–H groups in total. The van der Waals surface area contributed by atoms with Crippen LogP contribution >= 0.6 is 47.2 Å². The highest BCUT2D eigenvalue weighted by Crippen LogP contribution is 2.26. The molecule has 0 saturated heterocycles. The van der Waals surface area contributed by atoms with Crippen LogP contribution in [-0.4, -0.2) is 34.5 Å². The van der Waals surface area contributed by atoms with E-state index in [4.69, 9.17) is 35.4 Å². The summed E-state index contributed by atoms with van der Waals surface area (Å²) < 4.78 is 0.657. The molecular formula is C12H14Cl2N2OS2. The topological polar surface area (TPSA) is 32.3 Å². The van der Waals surface area contributed by atoms with E-state index in [1.807, 2.05) is 14.1 Å². The second-order valence-electron chi connectivity index (χ2n) is 4.03. The first-order valence-corrected chi connectivity index (χ1v) is 7.49. The highest BCUT2D eigenvalue weighted by Gasteiger charge is 2.17. The molecule has 0 saturated carbocycles. The average molecular weight is 337 g/mol. The zero-order chi connectivity index (χ0) is 14.6. The lowest BCUT2D eigenvalue weighted by Gasteiger charge is -2.17. The lowest BCUT2D eigenvalue weighted by molar-refractivity contribution is -0.115. The Hall–Kier alpha value is -0.490. The minimum Gasteiger partial charge on any atom is -0.364 e. The van der Waals surface area contributed by atoms with Gasteiger partial charge >= 0.3 is 0 Å². The Balaban J connectivity index is 2.66. The minimum absolute atomic E-state index is 0.154. The number of benzene rings is 1. The number of hydrogen-bond donors (Lipinski definition) is 1. The predicted octanol–water partition coefficient (Wildman–Crippen LogP) is 3.90. The maximum Gasteiger partial charge on any atom is 0.237 e. The van der Waals surface area contributed by atoms with Gasteiger partial charge in [0, 0.05) is 19.1 Å². The van der Waals surface area contributed by atoms with E-state index >= 15 is 0 Å². The number of carbonyl (C=O) groups excluding carboxylic acids is 1. The summed E-state index contributed by atoms with van der Waals surface area (Å²) in [6, 6.07) is 4.93. The Morgan fingerprint density at radius 3 is 2.58 bits per heavy atom. The largest absolute Gasteiger partial charge is 0.364 e. The fraction of sp³-hybridized carbons (Fsp3) is 0.333. The van der Waals surface area contributed by atoms with Crippen molar-refractivity contribution in [1.82, 2.24) is 4.90 Å². The van der Waals surface area contributed by atoms with E-state index in [0.29, 0.717) is 20.1 Å². The molecule has 0 aliphatic rings. The first-order valence-electron chi connectivity index (χ1n) is 5.45. The van der Waals surface area contributed by atoms with E-state index in [-0.39, 0.29) is 11.2 Å². The van der Waals surface area contributed by atoms with E-state index < -0.39 is 0 Å². The minimum atomic E-state index is -0.304. The number of nitrogens with one attached hydrogen (secondary N) is 1. The van der Waals surface area contributed by atoms with Crippen molar-refractivity contribution in [2.24, 2.45) is 0 Å². The van der Waals surface area contributed by atoms with Crippen LogP contribution in [0.4, 0.5) is 5.69 Å². The monoisotopic (exact) mass is 336 g/mol. The molecule has 0 aliphatic carbocycles. The van der Waals surface area contributed by atoms with Gasteiger partial charge in [0.15, 0.2) is 0 Å². The van der Waals surface area contributed by atoms with Crippen LogP contribution in [-0.2, 0) is 4.79 Å². The lowest BCUT2D eigenvalue weighted by Crippen LogP contribution is -2.27. The number of hydrogen-bond acceptors (Lipinski definition) is 3. The Bertz CT molecular complexity index is 495. The molecule has 7 heteroatoms. The Labute approximate surface area is 132 Å². The van der Waals surface area contributed by atoms with Crippen LogP contribution in [0, 0.1) is 0 Å². The van der Waals surface area contributed by atoms with Gasteiger partial charge in [-0.2, -0.15) is 0 Å². The molecule has 1 aromatic carbocycles. The van der Waals surface area contributed by atoms with Gasteiger partial charge < -0.3 is 10.2 Å². The average Bonchev–Trinajstić information content (AvgIpc) is 2.32. The maximum absolute atomic E-state index is 12.0. The maximum atomic E-state index is 12.0. The van der Waals surface area contributed by atoms with E-state index in [2.05, 4.69) is 5.32 Å². The number of rotatable bonds is 3. The molecule has 3 nitrogen and oxygen atoms in total. The van der Waals surface area contributed by atoms with Crippen molar-refractivity contribution in [3.05, 3.63) is 28.2 Å². The molecule has 0 aromatic heterocycles. The summed E-state index contributed by atoms with van der Waals surface area (Å²) in [5.74, 6) is -0.154. The van der Waals surface area contributed by atoms with Crippen LogP contribution < -0.4 is 5.32 Å². The van der Waals surface area contributed by atoms with Crippen molar-refractivity contribution < 1.29 is 4.79 Å². The Kier molecular flexibility index (Phi) is 6.39. The molecule has 1 rings (SSSR count). The molecular weight excluding hydrogens is 323 g/mol. The fourth-order valence-corrected chi connectivity index (χ4v) is 2.70. The van der Waals surface area contributed by atoms with Crippen LogP contribution in [0.15, 0.2) is 18.2 Å². The number of thioether (sulfide) groups is 1. The van der Waals surface area contributed by atoms with Crippen molar-refractivity contribution in [3.63, 3.8) is 0 Å². The van der Waals surface area contributed by atoms with Crippen LogP contribution in [0.25, 0.3) is 0 Å². The summed E-state index contributed by atoms with van der Waals surface area (Å²) in [7, 11) is 3.69. The summed E-state index contributed by atoms with van der Waals surface area (Å²) in [6.07, 6.45) is 0. The van der Waals surface area contributed by atoms with E-state index in [9.17, 15) is 4.79 Å². The summed E-state index contributed by atoms with van der Waals surface area (Å²) in [5, 5.41) is 3.39. The van der Waals surface area contributed by atoms with Gasteiger partial charge in [-0.1, -0.05) is 47.2 Å². The van der Waals surface area contributed by atoms with Gasteiger partial charge in [0.1, 0.15) is 4.32 Å². The predicted molar refractivity (Wildman–Crippen MR) is 88.4 cm³/mol. The van der Waals surface area contributed by atoms with Crippen LogP contribution in [0.5, 0.6) is 0 Å². The lowest BCUT2D eigenvalue weighted by atomic mass is 10.3. The fourth-order valence-electron chi connectivity index (χ4n) is 1.14. The summed E-state index contributed by atoms with van der Waals surface area (Å²) in [4.78, 5) is 13.8. The second-order valence-corrected chi connectivity index (χ2v) is 6.85. The normalized spacial score (nSPS) is 11.8. The number of nitrogens with zero attached hydrogens (tertiary/aromatic N) is 1. The SMILES string of the molecule is C[C@H](SC(=S)N(C)C)C(=O)Nc1ccc(Cl)cc1Cl. The zero-order valence-electron chi connectivity index (χ0n) is 10.7. The Morgan fingerprint density at radius 1 is 1.42 bits per heavy atom. The standard InChI is InChI=1S/C12H14Cl2N2OS2/c1-7(19-12(18)16(2)3)11(17)15-10-5-4-8(13)6-9(10)14/h4-7H,1-3H3,(H,15,17)/t7-/m0/s1. The summed E-state index contributed by atoms with van der Waals surface area (Å²) in [6.45, 7) is 1.79. The molecule has 104 valence electrons.